The molecule has 3 N–H and O–H groups in total. The fraction of sp³-hybridized carbons (Fsp3) is 0.346. The lowest BCUT2D eigenvalue weighted by Gasteiger charge is -2.29. The summed E-state index contributed by atoms with van der Waals surface area (Å²) in [7, 11) is -0.396. The van der Waals surface area contributed by atoms with Crippen LogP contribution in [0, 0.1) is 5.82 Å². The Hall–Kier alpha value is -2.65. The van der Waals surface area contributed by atoms with E-state index in [2.05, 4.69) is 22.3 Å². The highest BCUT2D eigenvalue weighted by Gasteiger charge is 2.38. The molecule has 1 fully saturated rings. The number of allylic oxidation sites excluding steroid dienone is 1. The van der Waals surface area contributed by atoms with Crippen LogP contribution in [0.2, 0.25) is 0 Å². The smallest absolute Gasteiger partial charge is 0.260 e. The second-order valence-corrected chi connectivity index (χ2v) is 12.1. The summed E-state index contributed by atoms with van der Waals surface area (Å²) in [5.74, 6) is 0.708. The molecular formula is C26H29FN2O4S. The molecule has 34 heavy (non-hydrogen) atoms. The van der Waals surface area contributed by atoms with Gasteiger partial charge in [0.15, 0.2) is 0 Å². The molecule has 1 atom stereocenters. The zero-order chi connectivity index (χ0) is 24.3. The lowest BCUT2D eigenvalue weighted by Crippen LogP contribution is -2.31. The predicted octanol–water partition coefficient (Wildman–Crippen LogP) is 5.34. The molecule has 3 aliphatic rings. The Bertz CT molecular complexity index is 1220. The Balaban J connectivity index is 1.39. The van der Waals surface area contributed by atoms with Gasteiger partial charge in [-0.05, 0) is 62.7 Å². The van der Waals surface area contributed by atoms with E-state index in [1.807, 2.05) is 39.1 Å². The SMILES string of the molecule is CN(Cc1ccc(C2=C/C(=C3\C(=O)Nc4cc(F)ccc43)OC2(C)C)cc1)C1CCS(O)(O)C1. The van der Waals surface area contributed by atoms with Crippen LogP contribution in [0.15, 0.2) is 54.3 Å². The van der Waals surface area contributed by atoms with Crippen molar-refractivity contribution in [1.82, 2.24) is 4.90 Å². The highest BCUT2D eigenvalue weighted by Crippen LogP contribution is 2.47. The number of ether oxygens (including phenoxy) is 1. The second kappa shape index (κ2) is 8.23. The Morgan fingerprint density at radius 2 is 1.94 bits per heavy atom. The standard InChI is InChI=1S/C26H29FN2O4S/c1-26(2)21(13-23(33-26)24-20-9-8-18(27)12-22(20)28-25(24)30)17-6-4-16(5-7-17)14-29(3)19-10-11-34(31,32)15-19/h4-9,12-13,19,31-32H,10-11,14-15H2,1-3H3,(H,28,30)/b24-23+. The number of amides is 1. The number of hydrogen-bond donors (Lipinski definition) is 3. The minimum absolute atomic E-state index is 0.178. The number of hydrogen-bond acceptors (Lipinski definition) is 5. The summed E-state index contributed by atoms with van der Waals surface area (Å²) in [6.07, 6.45) is 2.70. The minimum atomic E-state index is -2.41. The second-order valence-electron chi connectivity index (χ2n) is 9.78. The lowest BCUT2D eigenvalue weighted by molar-refractivity contribution is -0.111. The predicted molar refractivity (Wildman–Crippen MR) is 134 cm³/mol. The molecule has 6 nitrogen and oxygen atoms in total. The average molecular weight is 485 g/mol. The van der Waals surface area contributed by atoms with Gasteiger partial charge in [0.25, 0.3) is 5.91 Å². The summed E-state index contributed by atoms with van der Waals surface area (Å²) in [6, 6.07) is 12.7. The van der Waals surface area contributed by atoms with Crippen molar-refractivity contribution >= 4 is 33.3 Å². The first-order valence-corrected chi connectivity index (χ1v) is 13.2. The Kier molecular flexibility index (Phi) is 5.60. The molecule has 3 aliphatic heterocycles. The number of anilines is 1. The number of carbonyl (C=O) groups is 1. The largest absolute Gasteiger partial charge is 0.482 e. The molecule has 5 rings (SSSR count). The maximum Gasteiger partial charge on any atom is 0.260 e. The number of benzene rings is 2. The van der Waals surface area contributed by atoms with Crippen LogP contribution in [0.25, 0.3) is 11.1 Å². The normalized spacial score (nSPS) is 25.7. The van der Waals surface area contributed by atoms with Crippen molar-refractivity contribution in [3.8, 4) is 0 Å². The van der Waals surface area contributed by atoms with Crippen molar-refractivity contribution in [2.45, 2.75) is 38.5 Å². The van der Waals surface area contributed by atoms with E-state index in [1.54, 1.807) is 6.07 Å². The molecule has 0 aliphatic carbocycles. The zero-order valence-electron chi connectivity index (χ0n) is 19.5. The maximum absolute atomic E-state index is 13.6. The van der Waals surface area contributed by atoms with Gasteiger partial charge in [0.2, 0.25) is 0 Å². The molecule has 0 bridgehead atoms. The van der Waals surface area contributed by atoms with Gasteiger partial charge < -0.3 is 10.1 Å². The van der Waals surface area contributed by atoms with Gasteiger partial charge in [0.1, 0.15) is 17.2 Å². The highest BCUT2D eigenvalue weighted by molar-refractivity contribution is 8.24. The molecule has 0 spiro atoms. The topological polar surface area (TPSA) is 82.0 Å². The lowest BCUT2D eigenvalue weighted by atomic mass is 9.91. The van der Waals surface area contributed by atoms with Crippen LogP contribution in [-0.2, 0) is 16.1 Å². The molecule has 8 heteroatoms. The van der Waals surface area contributed by atoms with Crippen LogP contribution < -0.4 is 5.32 Å². The van der Waals surface area contributed by atoms with E-state index >= 15 is 0 Å². The van der Waals surface area contributed by atoms with Crippen molar-refractivity contribution < 1.29 is 23.0 Å². The van der Waals surface area contributed by atoms with Crippen LogP contribution in [0.3, 0.4) is 0 Å². The fourth-order valence-electron chi connectivity index (χ4n) is 4.96. The first-order valence-electron chi connectivity index (χ1n) is 11.3. The van der Waals surface area contributed by atoms with Crippen LogP contribution in [0.4, 0.5) is 10.1 Å². The van der Waals surface area contributed by atoms with Crippen molar-refractivity contribution in [3.05, 3.63) is 76.8 Å². The summed E-state index contributed by atoms with van der Waals surface area (Å²) in [5, 5.41) is 2.72. The molecule has 180 valence electrons. The van der Waals surface area contributed by atoms with Crippen LogP contribution in [-0.4, -0.2) is 50.1 Å². The van der Waals surface area contributed by atoms with E-state index in [0.717, 1.165) is 29.7 Å². The van der Waals surface area contributed by atoms with E-state index < -0.39 is 22.0 Å². The molecule has 1 unspecified atom stereocenters. The summed E-state index contributed by atoms with van der Waals surface area (Å²) >= 11 is 0. The third-order valence-corrected chi connectivity index (χ3v) is 8.63. The Labute approximate surface area is 200 Å². The minimum Gasteiger partial charge on any atom is -0.482 e. The quantitative estimate of drug-likeness (QED) is 0.511. The van der Waals surface area contributed by atoms with Gasteiger partial charge in [-0.25, -0.2) is 4.39 Å². The van der Waals surface area contributed by atoms with Crippen LogP contribution in [0.1, 0.15) is 37.0 Å². The first-order chi connectivity index (χ1) is 16.0. The molecule has 0 saturated carbocycles. The van der Waals surface area contributed by atoms with Crippen molar-refractivity contribution in [1.29, 1.82) is 0 Å². The molecule has 2 aromatic rings. The molecule has 3 heterocycles. The average Bonchev–Trinajstić information content (AvgIpc) is 3.39. The monoisotopic (exact) mass is 484 g/mol. The first kappa shape index (κ1) is 23.1. The van der Waals surface area contributed by atoms with Crippen molar-refractivity contribution in [3.63, 3.8) is 0 Å². The van der Waals surface area contributed by atoms with Gasteiger partial charge in [-0.2, -0.15) is 10.6 Å². The van der Waals surface area contributed by atoms with Gasteiger partial charge in [-0.15, -0.1) is 0 Å². The molecule has 0 radical (unpaired) electrons. The summed E-state index contributed by atoms with van der Waals surface area (Å²) < 4.78 is 39.7. The summed E-state index contributed by atoms with van der Waals surface area (Å²) in [5.41, 5.74) is 3.96. The number of nitrogens with zero attached hydrogens (tertiary/aromatic N) is 1. The molecular weight excluding hydrogens is 455 g/mol. The maximum atomic E-state index is 13.6. The molecule has 1 amide bonds. The van der Waals surface area contributed by atoms with E-state index in [9.17, 15) is 18.3 Å². The zero-order valence-corrected chi connectivity index (χ0v) is 20.3. The van der Waals surface area contributed by atoms with E-state index in [1.165, 1.54) is 12.1 Å². The number of rotatable bonds is 4. The third-order valence-electron chi connectivity index (χ3n) is 6.82. The number of carbonyl (C=O) groups excluding carboxylic acids is 1. The summed E-state index contributed by atoms with van der Waals surface area (Å²) in [6.45, 7) is 4.65. The van der Waals surface area contributed by atoms with E-state index in [-0.39, 0.29) is 11.9 Å². The summed E-state index contributed by atoms with van der Waals surface area (Å²) in [4.78, 5) is 14.8. The van der Waals surface area contributed by atoms with Gasteiger partial charge in [-0.3, -0.25) is 18.8 Å². The fourth-order valence-corrected chi connectivity index (χ4v) is 6.82. The molecule has 0 aromatic heterocycles. The van der Waals surface area contributed by atoms with Gasteiger partial charge in [-0.1, -0.05) is 24.3 Å². The Morgan fingerprint density at radius 3 is 2.62 bits per heavy atom. The number of halogens is 1. The van der Waals surface area contributed by atoms with Crippen LogP contribution in [0.5, 0.6) is 0 Å². The van der Waals surface area contributed by atoms with Crippen molar-refractivity contribution in [2.75, 3.05) is 23.9 Å². The number of fused-ring (bicyclic) bond motifs is 1. The van der Waals surface area contributed by atoms with Gasteiger partial charge in [0, 0.05) is 29.5 Å². The number of nitrogens with one attached hydrogen (secondary N) is 1. The van der Waals surface area contributed by atoms with E-state index in [0.29, 0.717) is 34.1 Å². The van der Waals surface area contributed by atoms with E-state index in [4.69, 9.17) is 4.74 Å². The Morgan fingerprint density at radius 1 is 1.21 bits per heavy atom. The van der Waals surface area contributed by atoms with Crippen molar-refractivity contribution in [2.24, 2.45) is 0 Å². The third kappa shape index (κ3) is 4.27. The molecule has 1 saturated heterocycles. The highest BCUT2D eigenvalue weighted by atomic mass is 32.3. The van der Waals surface area contributed by atoms with Gasteiger partial charge in [0.05, 0.1) is 17.0 Å². The molecule has 2 aromatic carbocycles. The van der Waals surface area contributed by atoms with Gasteiger partial charge >= 0.3 is 0 Å². The van der Waals surface area contributed by atoms with Crippen LogP contribution >= 0.6 is 10.6 Å².